The molecule has 0 aliphatic carbocycles. The second-order valence-corrected chi connectivity index (χ2v) is 3.02. The van der Waals surface area contributed by atoms with Crippen LogP contribution < -0.4 is 5.73 Å². The molecule has 0 bridgehead atoms. The zero-order valence-corrected chi connectivity index (χ0v) is 7.16. The molecule has 1 aliphatic heterocycles. The molecule has 1 aliphatic rings. The molecule has 12 heavy (non-hydrogen) atoms. The molecule has 0 saturated heterocycles. The van der Waals surface area contributed by atoms with Gasteiger partial charge in [0.2, 0.25) is 0 Å². The van der Waals surface area contributed by atoms with Crippen LogP contribution in [0.25, 0.3) is 0 Å². The van der Waals surface area contributed by atoms with Crippen LogP contribution in [0.3, 0.4) is 0 Å². The summed E-state index contributed by atoms with van der Waals surface area (Å²) >= 11 is 0. The lowest BCUT2D eigenvalue weighted by Gasteiger charge is -2.21. The molecular formula is C8H13N3O. The lowest BCUT2D eigenvalue weighted by atomic mass is 10.1. The van der Waals surface area contributed by atoms with Gasteiger partial charge in [-0.05, 0) is 0 Å². The molecule has 2 heterocycles. The number of aryl methyl sites for hydroxylation is 1. The van der Waals surface area contributed by atoms with Gasteiger partial charge < -0.3 is 10.5 Å². The Morgan fingerprint density at radius 3 is 3.42 bits per heavy atom. The first-order valence-electron chi connectivity index (χ1n) is 4.15. The molecule has 66 valence electrons. The highest BCUT2D eigenvalue weighted by Gasteiger charge is 2.22. The van der Waals surface area contributed by atoms with Crippen molar-refractivity contribution in [3.63, 3.8) is 0 Å². The Bertz CT molecular complexity index is 282. The monoisotopic (exact) mass is 167 g/mol. The van der Waals surface area contributed by atoms with Crippen LogP contribution >= 0.6 is 0 Å². The summed E-state index contributed by atoms with van der Waals surface area (Å²) in [5, 5.41) is 4.18. The minimum absolute atomic E-state index is 0.0578. The number of aromatic nitrogens is 2. The summed E-state index contributed by atoms with van der Waals surface area (Å²) in [5.41, 5.74) is 7.98. The van der Waals surface area contributed by atoms with Crippen LogP contribution in [0.4, 0.5) is 0 Å². The summed E-state index contributed by atoms with van der Waals surface area (Å²) in [6.07, 6.45) is 2.86. The van der Waals surface area contributed by atoms with E-state index in [0.29, 0.717) is 6.54 Å². The number of rotatable bonds is 1. The summed E-state index contributed by atoms with van der Waals surface area (Å²) in [5.74, 6) is 0. The van der Waals surface area contributed by atoms with Crippen LogP contribution in [0.2, 0.25) is 0 Å². The average Bonchev–Trinajstić information content (AvgIpc) is 2.48. The first kappa shape index (κ1) is 7.76. The van der Waals surface area contributed by atoms with Gasteiger partial charge in [0.1, 0.15) is 0 Å². The number of hydrogen-bond acceptors (Lipinski definition) is 3. The normalized spacial score (nSPS) is 22.3. The summed E-state index contributed by atoms with van der Waals surface area (Å²) in [4.78, 5) is 0. The molecule has 4 nitrogen and oxygen atoms in total. The summed E-state index contributed by atoms with van der Waals surface area (Å²) < 4.78 is 7.39. The molecule has 1 atom stereocenters. The van der Waals surface area contributed by atoms with Crippen LogP contribution in [-0.2, 0) is 18.2 Å². The molecule has 0 radical (unpaired) electrons. The topological polar surface area (TPSA) is 53.1 Å². The van der Waals surface area contributed by atoms with Crippen molar-refractivity contribution in [1.82, 2.24) is 9.78 Å². The standard InChI is InChI=1S/C8H13N3O/c1-11-7-2-3-12-8(4-9)6(7)5-10-11/h5,8H,2-4,9H2,1H3/t8-/m1/s1. The number of nitrogens with zero attached hydrogens (tertiary/aromatic N) is 2. The maximum atomic E-state index is 5.57. The van der Waals surface area contributed by atoms with Crippen molar-refractivity contribution in [2.24, 2.45) is 12.8 Å². The molecule has 1 aromatic rings. The Balaban J connectivity index is 2.38. The molecule has 0 saturated carbocycles. The van der Waals surface area contributed by atoms with Crippen molar-refractivity contribution < 1.29 is 4.74 Å². The highest BCUT2D eigenvalue weighted by molar-refractivity contribution is 5.23. The van der Waals surface area contributed by atoms with Crippen LogP contribution in [0.15, 0.2) is 6.20 Å². The average molecular weight is 167 g/mol. The van der Waals surface area contributed by atoms with Crippen molar-refractivity contribution in [1.29, 1.82) is 0 Å². The van der Waals surface area contributed by atoms with Crippen molar-refractivity contribution >= 4 is 0 Å². The maximum Gasteiger partial charge on any atom is 0.0980 e. The van der Waals surface area contributed by atoms with Gasteiger partial charge >= 0.3 is 0 Å². The second kappa shape index (κ2) is 2.88. The fourth-order valence-electron chi connectivity index (χ4n) is 1.64. The quantitative estimate of drug-likeness (QED) is 0.640. The first-order valence-corrected chi connectivity index (χ1v) is 4.15. The third kappa shape index (κ3) is 1.04. The van der Waals surface area contributed by atoms with E-state index in [1.807, 2.05) is 17.9 Å². The van der Waals surface area contributed by atoms with Crippen LogP contribution in [-0.4, -0.2) is 22.9 Å². The van der Waals surface area contributed by atoms with Gasteiger partial charge in [-0.25, -0.2) is 0 Å². The van der Waals surface area contributed by atoms with Gasteiger partial charge in [-0.2, -0.15) is 5.10 Å². The Labute approximate surface area is 71.3 Å². The summed E-state index contributed by atoms with van der Waals surface area (Å²) in [7, 11) is 1.96. The molecule has 0 unspecified atom stereocenters. The molecule has 2 N–H and O–H groups in total. The number of nitrogens with two attached hydrogens (primary N) is 1. The maximum absolute atomic E-state index is 5.57. The highest BCUT2D eigenvalue weighted by Crippen LogP contribution is 2.24. The van der Waals surface area contributed by atoms with Gasteiger partial charge in [0.15, 0.2) is 0 Å². The Kier molecular flexibility index (Phi) is 1.86. The van der Waals surface area contributed by atoms with Gasteiger partial charge in [-0.3, -0.25) is 4.68 Å². The van der Waals surface area contributed by atoms with Gasteiger partial charge in [0, 0.05) is 31.3 Å². The van der Waals surface area contributed by atoms with E-state index in [9.17, 15) is 0 Å². The Morgan fingerprint density at radius 1 is 1.83 bits per heavy atom. The minimum atomic E-state index is 0.0578. The van der Waals surface area contributed by atoms with E-state index in [0.717, 1.165) is 18.6 Å². The lowest BCUT2D eigenvalue weighted by Crippen LogP contribution is -2.23. The van der Waals surface area contributed by atoms with E-state index >= 15 is 0 Å². The molecule has 2 rings (SSSR count). The zero-order chi connectivity index (χ0) is 8.55. The fourth-order valence-corrected chi connectivity index (χ4v) is 1.64. The third-order valence-corrected chi connectivity index (χ3v) is 2.31. The van der Waals surface area contributed by atoms with Crippen LogP contribution in [0, 0.1) is 0 Å². The largest absolute Gasteiger partial charge is 0.372 e. The molecule has 0 spiro atoms. The van der Waals surface area contributed by atoms with E-state index in [-0.39, 0.29) is 6.10 Å². The number of ether oxygens (including phenoxy) is 1. The van der Waals surface area contributed by atoms with Gasteiger partial charge in [0.05, 0.1) is 18.9 Å². The van der Waals surface area contributed by atoms with Crippen molar-refractivity contribution in [2.75, 3.05) is 13.2 Å². The predicted molar refractivity (Wildman–Crippen MR) is 44.7 cm³/mol. The first-order chi connectivity index (χ1) is 5.83. The third-order valence-electron chi connectivity index (χ3n) is 2.31. The van der Waals surface area contributed by atoms with E-state index < -0.39 is 0 Å². The molecule has 0 fully saturated rings. The van der Waals surface area contributed by atoms with Crippen molar-refractivity contribution in [2.45, 2.75) is 12.5 Å². The van der Waals surface area contributed by atoms with E-state index in [4.69, 9.17) is 10.5 Å². The second-order valence-electron chi connectivity index (χ2n) is 3.02. The molecule has 0 aromatic carbocycles. The molecule has 0 amide bonds. The fraction of sp³-hybridized carbons (Fsp3) is 0.625. The molecule has 4 heteroatoms. The number of hydrogen-bond donors (Lipinski definition) is 1. The molecular weight excluding hydrogens is 154 g/mol. The predicted octanol–water partition coefficient (Wildman–Crippen LogP) is -0.00740. The lowest BCUT2D eigenvalue weighted by molar-refractivity contribution is 0.0473. The van der Waals surface area contributed by atoms with E-state index in [2.05, 4.69) is 5.10 Å². The summed E-state index contributed by atoms with van der Waals surface area (Å²) in [6, 6.07) is 0. The zero-order valence-electron chi connectivity index (χ0n) is 7.16. The van der Waals surface area contributed by atoms with E-state index in [1.54, 1.807) is 0 Å². The molecule has 1 aromatic heterocycles. The van der Waals surface area contributed by atoms with Gasteiger partial charge in [-0.15, -0.1) is 0 Å². The summed E-state index contributed by atoms with van der Waals surface area (Å²) in [6.45, 7) is 1.30. The van der Waals surface area contributed by atoms with Crippen molar-refractivity contribution in [3.05, 3.63) is 17.5 Å². The number of fused-ring (bicyclic) bond motifs is 1. The van der Waals surface area contributed by atoms with Gasteiger partial charge in [0.25, 0.3) is 0 Å². The SMILES string of the molecule is Cn1ncc2c1CCO[C@@H]2CN. The van der Waals surface area contributed by atoms with Crippen LogP contribution in [0.5, 0.6) is 0 Å². The smallest absolute Gasteiger partial charge is 0.0980 e. The minimum Gasteiger partial charge on any atom is -0.372 e. The van der Waals surface area contributed by atoms with E-state index in [1.165, 1.54) is 5.69 Å². The van der Waals surface area contributed by atoms with Gasteiger partial charge in [-0.1, -0.05) is 0 Å². The van der Waals surface area contributed by atoms with Crippen molar-refractivity contribution in [3.8, 4) is 0 Å². The highest BCUT2D eigenvalue weighted by atomic mass is 16.5. The Morgan fingerprint density at radius 2 is 2.67 bits per heavy atom. The van der Waals surface area contributed by atoms with Crippen LogP contribution in [0.1, 0.15) is 17.4 Å². The Hall–Kier alpha value is -0.870.